The van der Waals surface area contributed by atoms with Crippen molar-refractivity contribution in [2.24, 2.45) is 0 Å². The third-order valence-electron chi connectivity index (χ3n) is 2.90. The first-order valence-corrected chi connectivity index (χ1v) is 6.63. The molecule has 0 bridgehead atoms. The number of rotatable bonds is 4. The molecule has 1 N–H and O–H groups in total. The van der Waals surface area contributed by atoms with Crippen molar-refractivity contribution in [3.8, 4) is 5.75 Å². The topological polar surface area (TPSA) is 68.5 Å². The summed E-state index contributed by atoms with van der Waals surface area (Å²) in [6, 6.07) is 6.45. The summed E-state index contributed by atoms with van der Waals surface area (Å²) in [6.07, 6.45) is 1.28. The van der Waals surface area contributed by atoms with E-state index in [1.165, 1.54) is 12.3 Å². The molecule has 0 unspecified atom stereocenters. The van der Waals surface area contributed by atoms with Gasteiger partial charge in [-0.25, -0.2) is 0 Å². The van der Waals surface area contributed by atoms with Crippen molar-refractivity contribution in [2.75, 3.05) is 11.9 Å². The second kappa shape index (κ2) is 6.45. The Morgan fingerprint density at radius 3 is 2.81 bits per heavy atom. The van der Waals surface area contributed by atoms with Gasteiger partial charge in [0, 0.05) is 16.8 Å². The van der Waals surface area contributed by atoms with E-state index in [0.717, 1.165) is 5.56 Å². The molecule has 0 radical (unpaired) electrons. The van der Waals surface area contributed by atoms with E-state index in [2.05, 4.69) is 5.32 Å². The number of benzene rings is 1. The number of anilines is 1. The Kier molecular flexibility index (Phi) is 4.65. The van der Waals surface area contributed by atoms with Crippen LogP contribution in [-0.2, 0) is 4.79 Å². The van der Waals surface area contributed by atoms with Gasteiger partial charge in [0.05, 0.1) is 6.26 Å². The van der Waals surface area contributed by atoms with Crippen LogP contribution in [0.2, 0.25) is 5.02 Å². The first-order chi connectivity index (χ1) is 9.99. The normalized spacial score (nSPS) is 10.2. The number of ether oxygens (including phenoxy) is 1. The lowest BCUT2D eigenvalue weighted by molar-refractivity contribution is -0.118. The van der Waals surface area contributed by atoms with Crippen LogP contribution in [-0.4, -0.2) is 12.5 Å². The highest BCUT2D eigenvalue weighted by Gasteiger charge is 2.11. The molecule has 2 aromatic rings. The third-order valence-corrected chi connectivity index (χ3v) is 3.31. The highest BCUT2D eigenvalue weighted by molar-refractivity contribution is 6.31. The van der Waals surface area contributed by atoms with Crippen LogP contribution < -0.4 is 15.5 Å². The molecule has 1 amide bonds. The van der Waals surface area contributed by atoms with Crippen LogP contribution >= 0.6 is 11.6 Å². The maximum Gasteiger partial charge on any atom is 0.262 e. The van der Waals surface area contributed by atoms with Crippen molar-refractivity contribution in [1.29, 1.82) is 0 Å². The van der Waals surface area contributed by atoms with Crippen LogP contribution in [0.15, 0.2) is 39.7 Å². The predicted molar refractivity (Wildman–Crippen MR) is 80.0 cm³/mol. The average molecular weight is 308 g/mol. The van der Waals surface area contributed by atoms with Crippen LogP contribution in [0.1, 0.15) is 11.3 Å². The Labute approximate surface area is 126 Å². The Morgan fingerprint density at radius 1 is 1.33 bits per heavy atom. The smallest absolute Gasteiger partial charge is 0.262 e. The molecule has 0 spiro atoms. The quantitative estimate of drug-likeness (QED) is 0.943. The number of aryl methyl sites for hydroxylation is 1. The molecule has 2 rings (SSSR count). The van der Waals surface area contributed by atoms with E-state index in [9.17, 15) is 9.59 Å². The molecular formula is C15H14ClNO4. The maximum absolute atomic E-state index is 11.9. The van der Waals surface area contributed by atoms with E-state index < -0.39 is 0 Å². The van der Waals surface area contributed by atoms with Gasteiger partial charge in [0.2, 0.25) is 11.2 Å². The molecule has 0 saturated carbocycles. The van der Waals surface area contributed by atoms with Gasteiger partial charge in [0.1, 0.15) is 5.76 Å². The summed E-state index contributed by atoms with van der Waals surface area (Å²) in [4.78, 5) is 23.4. The second-order valence-corrected chi connectivity index (χ2v) is 4.83. The van der Waals surface area contributed by atoms with Crippen molar-refractivity contribution in [1.82, 2.24) is 0 Å². The van der Waals surface area contributed by atoms with Crippen LogP contribution in [0.5, 0.6) is 5.75 Å². The molecule has 5 nitrogen and oxygen atoms in total. The van der Waals surface area contributed by atoms with Gasteiger partial charge in [-0.15, -0.1) is 0 Å². The molecule has 0 aliphatic heterocycles. The summed E-state index contributed by atoms with van der Waals surface area (Å²) in [5, 5.41) is 3.24. The summed E-state index contributed by atoms with van der Waals surface area (Å²) in [6.45, 7) is 3.10. The van der Waals surface area contributed by atoms with Gasteiger partial charge in [0.15, 0.2) is 6.61 Å². The number of carbonyl (C=O) groups excluding carboxylic acids is 1. The van der Waals surface area contributed by atoms with E-state index in [4.69, 9.17) is 20.8 Å². The largest absolute Gasteiger partial charge is 0.476 e. The average Bonchev–Trinajstić information content (AvgIpc) is 2.43. The monoisotopic (exact) mass is 307 g/mol. The van der Waals surface area contributed by atoms with Gasteiger partial charge in [-0.2, -0.15) is 0 Å². The molecule has 0 atom stereocenters. The van der Waals surface area contributed by atoms with Crippen molar-refractivity contribution >= 4 is 23.2 Å². The van der Waals surface area contributed by atoms with Crippen LogP contribution in [0.3, 0.4) is 0 Å². The second-order valence-electron chi connectivity index (χ2n) is 4.42. The molecular weight excluding hydrogens is 294 g/mol. The molecule has 110 valence electrons. The molecule has 6 heteroatoms. The fourth-order valence-corrected chi connectivity index (χ4v) is 1.91. The molecule has 1 heterocycles. The standard InChI is InChI=1S/C15H14ClNO4/c1-9-11(16)4-3-5-12(9)17-14(19)8-21-15-10(2)20-7-6-13(15)18/h3-7H,8H2,1-2H3,(H,17,19). The summed E-state index contributed by atoms with van der Waals surface area (Å²) in [5.74, 6) is -0.0206. The molecule has 21 heavy (non-hydrogen) atoms. The van der Waals surface area contributed by atoms with Crippen molar-refractivity contribution in [3.05, 3.63) is 57.1 Å². The lowest BCUT2D eigenvalue weighted by Gasteiger charge is -2.10. The maximum atomic E-state index is 11.9. The van der Waals surface area contributed by atoms with Gasteiger partial charge < -0.3 is 14.5 Å². The van der Waals surface area contributed by atoms with Gasteiger partial charge in [0.25, 0.3) is 5.91 Å². The van der Waals surface area contributed by atoms with Gasteiger partial charge >= 0.3 is 0 Å². The summed E-state index contributed by atoms with van der Waals surface area (Å²) < 4.78 is 10.3. The first kappa shape index (κ1) is 15.1. The van der Waals surface area contributed by atoms with E-state index in [1.54, 1.807) is 32.0 Å². The lowest BCUT2D eigenvalue weighted by atomic mass is 10.2. The predicted octanol–water partition coefficient (Wildman–Crippen LogP) is 2.93. The highest BCUT2D eigenvalue weighted by atomic mass is 35.5. The van der Waals surface area contributed by atoms with E-state index >= 15 is 0 Å². The molecule has 0 aliphatic carbocycles. The molecule has 0 fully saturated rings. The van der Waals surface area contributed by atoms with Crippen LogP contribution in [0, 0.1) is 13.8 Å². The van der Waals surface area contributed by atoms with Crippen molar-refractivity contribution in [2.45, 2.75) is 13.8 Å². The Morgan fingerprint density at radius 2 is 2.10 bits per heavy atom. The number of nitrogens with one attached hydrogen (secondary N) is 1. The summed E-state index contributed by atoms with van der Waals surface area (Å²) in [5.41, 5.74) is 1.04. The Bertz CT molecular complexity index is 724. The number of halogens is 1. The minimum absolute atomic E-state index is 0.0375. The van der Waals surface area contributed by atoms with E-state index in [-0.39, 0.29) is 23.7 Å². The Balaban J connectivity index is 2.03. The fourth-order valence-electron chi connectivity index (χ4n) is 1.74. The third kappa shape index (κ3) is 3.64. The van der Waals surface area contributed by atoms with E-state index in [1.807, 2.05) is 0 Å². The molecule has 0 saturated heterocycles. The van der Waals surface area contributed by atoms with E-state index in [0.29, 0.717) is 16.5 Å². The minimum Gasteiger partial charge on any atom is -0.476 e. The van der Waals surface area contributed by atoms with Gasteiger partial charge in [-0.05, 0) is 31.5 Å². The molecule has 1 aromatic heterocycles. The molecule has 1 aromatic carbocycles. The summed E-state index contributed by atoms with van der Waals surface area (Å²) >= 11 is 5.98. The number of hydrogen-bond acceptors (Lipinski definition) is 4. The van der Waals surface area contributed by atoms with Crippen LogP contribution in [0.25, 0.3) is 0 Å². The summed E-state index contributed by atoms with van der Waals surface area (Å²) in [7, 11) is 0. The zero-order valence-electron chi connectivity index (χ0n) is 11.6. The first-order valence-electron chi connectivity index (χ1n) is 6.25. The number of carbonyl (C=O) groups is 1. The lowest BCUT2D eigenvalue weighted by Crippen LogP contribution is -2.22. The number of amides is 1. The van der Waals surface area contributed by atoms with Crippen LogP contribution in [0.4, 0.5) is 5.69 Å². The SMILES string of the molecule is Cc1occc(=O)c1OCC(=O)Nc1cccc(Cl)c1C. The van der Waals surface area contributed by atoms with Gasteiger partial charge in [-0.3, -0.25) is 9.59 Å². The minimum atomic E-state index is -0.386. The molecule has 0 aliphatic rings. The Hall–Kier alpha value is -2.27. The number of hydrogen-bond donors (Lipinski definition) is 1. The zero-order chi connectivity index (χ0) is 15.4. The zero-order valence-corrected chi connectivity index (χ0v) is 12.4. The highest BCUT2D eigenvalue weighted by Crippen LogP contribution is 2.22. The fraction of sp³-hybridized carbons (Fsp3) is 0.200. The van der Waals surface area contributed by atoms with Crippen molar-refractivity contribution in [3.63, 3.8) is 0 Å². The van der Waals surface area contributed by atoms with Crippen molar-refractivity contribution < 1.29 is 13.9 Å². The van der Waals surface area contributed by atoms with Gasteiger partial charge in [-0.1, -0.05) is 17.7 Å².